The molecule has 0 spiro atoms. The van der Waals surface area contributed by atoms with Gasteiger partial charge < -0.3 is 4.42 Å². The third kappa shape index (κ3) is 4.55. The van der Waals surface area contributed by atoms with E-state index in [-0.39, 0.29) is 25.7 Å². The first-order valence-corrected chi connectivity index (χ1v) is 13.9. The van der Waals surface area contributed by atoms with E-state index in [0.29, 0.717) is 16.9 Å². The van der Waals surface area contributed by atoms with Crippen LogP contribution in [0.2, 0.25) is 0 Å². The van der Waals surface area contributed by atoms with Crippen LogP contribution in [0.4, 0.5) is 10.8 Å². The van der Waals surface area contributed by atoms with Crippen LogP contribution in [0.15, 0.2) is 86.6 Å². The lowest BCUT2D eigenvalue weighted by molar-refractivity contribution is -0.384. The van der Waals surface area contributed by atoms with Gasteiger partial charge in [0.15, 0.2) is 10.9 Å². The van der Waals surface area contributed by atoms with Crippen molar-refractivity contribution >= 4 is 49.5 Å². The number of nitro benzene ring substituents is 1. The normalized spacial score (nSPS) is 17.5. The summed E-state index contributed by atoms with van der Waals surface area (Å²) in [5.74, 6) is -4.16. The quantitative estimate of drug-likeness (QED) is 0.100. The number of non-ortho nitro benzene ring substituents is 1. The molecule has 198 valence electrons. The zero-order valence-corrected chi connectivity index (χ0v) is 21.8. The van der Waals surface area contributed by atoms with Crippen LogP contribution < -0.4 is 4.90 Å². The molecule has 2 aromatic heterocycles. The highest BCUT2D eigenvalue weighted by Gasteiger charge is 2.54. The molecule has 1 aliphatic rings. The molecular weight excluding hydrogens is 546 g/mol. The van der Waals surface area contributed by atoms with Crippen molar-refractivity contribution in [3.8, 4) is 0 Å². The molecule has 2 unspecified atom stereocenters. The summed E-state index contributed by atoms with van der Waals surface area (Å²) in [5.41, 5.74) is 1.22. The van der Waals surface area contributed by atoms with E-state index in [4.69, 9.17) is 4.42 Å². The largest absolute Gasteiger partial charge is 0.461 e. The van der Waals surface area contributed by atoms with Crippen LogP contribution >= 0.6 is 11.3 Å². The predicted octanol–water partition coefficient (Wildman–Crippen LogP) is 4.20. The number of carbonyl (C=O) groups is 3. The Hall–Kier alpha value is -4.49. The highest BCUT2D eigenvalue weighted by atomic mass is 32.2. The fourth-order valence-corrected chi connectivity index (χ4v) is 6.91. The monoisotopic (exact) mass is 565 g/mol. The Morgan fingerprint density at radius 2 is 1.79 bits per heavy atom. The Balaban J connectivity index is 1.57. The van der Waals surface area contributed by atoms with E-state index < -0.39 is 44.2 Å². The van der Waals surface area contributed by atoms with Crippen molar-refractivity contribution in [1.29, 1.82) is 0 Å². The Bertz CT molecular complexity index is 1690. The number of anilines is 1. The maximum atomic E-state index is 13.3. The molecule has 13 heteroatoms. The van der Waals surface area contributed by atoms with Crippen molar-refractivity contribution in [3.63, 3.8) is 0 Å². The zero-order valence-electron chi connectivity index (χ0n) is 20.2. The number of amides is 1. The molecule has 2 aromatic carbocycles. The van der Waals surface area contributed by atoms with Gasteiger partial charge in [0.2, 0.25) is 21.4 Å². The van der Waals surface area contributed by atoms with Gasteiger partial charge in [-0.2, -0.15) is 0 Å². The summed E-state index contributed by atoms with van der Waals surface area (Å²) in [6, 6.07) is 13.2. The number of benzene rings is 2. The minimum atomic E-state index is -4.15. The summed E-state index contributed by atoms with van der Waals surface area (Å²) in [5, 5.41) is 10.8. The molecule has 0 saturated carbocycles. The van der Waals surface area contributed by atoms with E-state index in [1.807, 2.05) is 19.1 Å². The SMILES string of the molecule is CCc1ccc(C2C(C(=O)c3ccco3)C(=O)C(=O)N2c2ncc(S(=O)(=O)c3ccc([N+](=O)[O-])cc3)s2)cc1. The first kappa shape index (κ1) is 26.1. The number of nitro groups is 1. The Morgan fingerprint density at radius 1 is 1.10 bits per heavy atom. The summed E-state index contributed by atoms with van der Waals surface area (Å²) < 4.78 is 31.4. The van der Waals surface area contributed by atoms with E-state index in [9.17, 15) is 32.9 Å². The minimum absolute atomic E-state index is 0.0845. The summed E-state index contributed by atoms with van der Waals surface area (Å²) in [6.45, 7) is 1.97. The van der Waals surface area contributed by atoms with Crippen LogP contribution in [-0.4, -0.2) is 35.8 Å². The molecular formula is C26H19N3O8S2. The molecule has 0 bridgehead atoms. The molecule has 4 aromatic rings. The number of hydrogen-bond donors (Lipinski definition) is 0. The predicted molar refractivity (Wildman–Crippen MR) is 138 cm³/mol. The van der Waals surface area contributed by atoms with Gasteiger partial charge in [-0.05, 0) is 41.8 Å². The van der Waals surface area contributed by atoms with Crippen LogP contribution in [0.3, 0.4) is 0 Å². The maximum absolute atomic E-state index is 13.3. The Labute approximate surface area is 225 Å². The molecule has 11 nitrogen and oxygen atoms in total. The lowest BCUT2D eigenvalue weighted by Crippen LogP contribution is -2.30. The van der Waals surface area contributed by atoms with Gasteiger partial charge in [-0.1, -0.05) is 42.5 Å². The number of rotatable bonds is 8. The number of hydrogen-bond acceptors (Lipinski definition) is 10. The average Bonchev–Trinajstić information content (AvgIpc) is 3.70. The highest BCUT2D eigenvalue weighted by molar-refractivity contribution is 7.93. The summed E-state index contributed by atoms with van der Waals surface area (Å²) >= 11 is 0.651. The van der Waals surface area contributed by atoms with E-state index in [1.54, 1.807) is 12.1 Å². The van der Waals surface area contributed by atoms with Crippen LogP contribution in [0.1, 0.15) is 34.6 Å². The molecule has 1 amide bonds. The number of sulfone groups is 1. The molecule has 2 atom stereocenters. The van der Waals surface area contributed by atoms with Crippen molar-refractivity contribution < 1.29 is 32.1 Å². The molecule has 3 heterocycles. The van der Waals surface area contributed by atoms with E-state index in [2.05, 4.69) is 4.98 Å². The molecule has 1 aliphatic heterocycles. The number of ketones is 2. The van der Waals surface area contributed by atoms with Gasteiger partial charge in [0.05, 0.1) is 28.3 Å². The number of carbonyl (C=O) groups excluding carboxylic acids is 3. The van der Waals surface area contributed by atoms with Gasteiger partial charge in [0.1, 0.15) is 10.1 Å². The molecule has 0 aliphatic carbocycles. The van der Waals surface area contributed by atoms with Crippen molar-refractivity contribution in [2.75, 3.05) is 4.90 Å². The van der Waals surface area contributed by atoms with Crippen molar-refractivity contribution in [2.45, 2.75) is 28.5 Å². The summed E-state index contributed by atoms with van der Waals surface area (Å²) in [4.78, 5) is 55.0. The zero-order chi connectivity index (χ0) is 27.9. The molecule has 5 rings (SSSR count). The topological polar surface area (TPSA) is 158 Å². The van der Waals surface area contributed by atoms with Crippen LogP contribution in [0.5, 0.6) is 0 Å². The first-order chi connectivity index (χ1) is 18.6. The number of thiazole rings is 1. The van der Waals surface area contributed by atoms with Crippen LogP contribution in [-0.2, 0) is 25.8 Å². The molecule has 1 saturated heterocycles. The number of Topliss-reactive ketones (excluding diaryl/α,β-unsaturated/α-hetero) is 2. The minimum Gasteiger partial charge on any atom is -0.461 e. The van der Waals surface area contributed by atoms with Crippen molar-refractivity contribution in [3.05, 3.63) is 100 Å². The molecule has 0 radical (unpaired) electrons. The molecule has 1 fully saturated rings. The second-order valence-corrected chi connectivity index (χ2v) is 11.8. The van der Waals surface area contributed by atoms with Crippen LogP contribution in [0, 0.1) is 16.0 Å². The smallest absolute Gasteiger partial charge is 0.297 e. The maximum Gasteiger partial charge on any atom is 0.297 e. The van der Waals surface area contributed by atoms with Gasteiger partial charge >= 0.3 is 0 Å². The third-order valence-electron chi connectivity index (χ3n) is 6.38. The number of aromatic nitrogens is 1. The Kier molecular flexibility index (Phi) is 6.70. The fraction of sp³-hybridized carbons (Fsp3) is 0.154. The summed E-state index contributed by atoms with van der Waals surface area (Å²) in [6.07, 6.45) is 3.08. The van der Waals surface area contributed by atoms with Crippen LogP contribution in [0.25, 0.3) is 0 Å². The summed E-state index contributed by atoms with van der Waals surface area (Å²) in [7, 11) is -4.15. The van der Waals surface area contributed by atoms with Gasteiger partial charge in [-0.3, -0.25) is 29.4 Å². The Morgan fingerprint density at radius 3 is 2.38 bits per heavy atom. The van der Waals surface area contributed by atoms with Crippen molar-refractivity contribution in [1.82, 2.24) is 4.98 Å². The third-order valence-corrected chi connectivity index (χ3v) is 9.61. The van der Waals surface area contributed by atoms with E-state index in [0.717, 1.165) is 47.3 Å². The van der Waals surface area contributed by atoms with Gasteiger partial charge in [0, 0.05) is 12.1 Å². The lowest BCUT2D eigenvalue weighted by atomic mass is 9.88. The number of nitrogens with zero attached hydrogens (tertiary/aromatic N) is 3. The van der Waals surface area contributed by atoms with Gasteiger partial charge in [0.25, 0.3) is 11.6 Å². The number of aryl methyl sites for hydroxylation is 1. The fourth-order valence-electron chi connectivity index (χ4n) is 4.35. The second kappa shape index (κ2) is 10.0. The highest BCUT2D eigenvalue weighted by Crippen LogP contribution is 2.43. The van der Waals surface area contributed by atoms with E-state index in [1.165, 1.54) is 18.4 Å². The molecule has 39 heavy (non-hydrogen) atoms. The second-order valence-electron chi connectivity index (χ2n) is 8.61. The van der Waals surface area contributed by atoms with Crippen molar-refractivity contribution in [2.24, 2.45) is 5.92 Å². The lowest BCUT2D eigenvalue weighted by Gasteiger charge is -2.25. The number of furan rings is 1. The average molecular weight is 566 g/mol. The first-order valence-electron chi connectivity index (χ1n) is 11.6. The van der Waals surface area contributed by atoms with Gasteiger partial charge in [-0.15, -0.1) is 0 Å². The van der Waals surface area contributed by atoms with E-state index >= 15 is 0 Å². The standard InChI is InChI=1S/C26H19N3O8S2/c1-2-15-5-7-16(8-6-15)22-21(23(30)19-4-3-13-37-19)24(31)25(32)28(22)26-27-14-20(38-26)39(35,36)18-11-9-17(10-12-18)29(33)34/h3-14,21-22H,2H2,1H3. The molecule has 0 N–H and O–H groups in total. The van der Waals surface area contributed by atoms with Gasteiger partial charge in [-0.25, -0.2) is 13.4 Å².